The number of carbonyl (C=O) groups is 2. The van der Waals surface area contributed by atoms with E-state index in [0.717, 1.165) is 61.3 Å². The van der Waals surface area contributed by atoms with E-state index in [9.17, 15) is 43.5 Å². The van der Waals surface area contributed by atoms with Gasteiger partial charge in [0.05, 0.1) is 13.2 Å². The van der Waals surface area contributed by atoms with Gasteiger partial charge in [0.2, 0.25) is 0 Å². The first-order valence-electron chi connectivity index (χ1n) is 30.8. The van der Waals surface area contributed by atoms with E-state index in [0.29, 0.717) is 12.8 Å². The highest BCUT2D eigenvalue weighted by atomic mass is 31.3. The lowest BCUT2D eigenvalue weighted by molar-refractivity contribution is -0.161. The molecule has 0 aliphatic carbocycles. The van der Waals surface area contributed by atoms with Gasteiger partial charge in [-0.25, -0.2) is 13.9 Å². The van der Waals surface area contributed by atoms with Crippen molar-refractivity contribution in [1.29, 1.82) is 0 Å². The first-order valence-corrected chi connectivity index (χ1v) is 33.8. The molecule has 78 heavy (non-hydrogen) atoms. The van der Waals surface area contributed by atoms with Crippen molar-refractivity contribution in [3.8, 4) is 0 Å². The molecule has 0 radical (unpaired) electrons. The number of aliphatic hydroxyl groups excluding tert-OH is 2. The summed E-state index contributed by atoms with van der Waals surface area (Å²) in [5, 5.41) is 21.0. The molecule has 1 aromatic rings. The zero-order valence-corrected chi connectivity index (χ0v) is 50.6. The van der Waals surface area contributed by atoms with E-state index in [1.165, 1.54) is 186 Å². The Bertz CT molecular complexity index is 1840. The van der Waals surface area contributed by atoms with Crippen molar-refractivity contribution in [2.75, 3.05) is 25.6 Å². The van der Waals surface area contributed by atoms with Crippen molar-refractivity contribution < 1.29 is 66.3 Å². The summed E-state index contributed by atoms with van der Waals surface area (Å²) < 4.78 is 57.1. The Labute approximate surface area is 470 Å². The lowest BCUT2D eigenvalue weighted by Gasteiger charge is -2.21. The monoisotopic (exact) mass is 1150 g/mol. The number of hydrogen-bond donors (Lipinski definition) is 5. The summed E-state index contributed by atoms with van der Waals surface area (Å²) in [5.41, 5.74) is 4.61. The fourth-order valence-corrected chi connectivity index (χ4v) is 11.9. The molecule has 1 fully saturated rings. The molecule has 1 aliphatic rings. The van der Waals surface area contributed by atoms with Crippen LogP contribution in [-0.2, 0) is 46.3 Å². The molecule has 20 heteroatoms. The van der Waals surface area contributed by atoms with Crippen LogP contribution in [0.4, 0.5) is 5.82 Å². The molecule has 6 N–H and O–H groups in total. The fourth-order valence-electron chi connectivity index (χ4n) is 9.80. The van der Waals surface area contributed by atoms with Crippen molar-refractivity contribution >= 4 is 33.4 Å². The fraction of sp³-hybridized carbons (Fsp3) is 0.897. The number of nitrogens with zero attached hydrogens (tertiary/aromatic N) is 2. The summed E-state index contributed by atoms with van der Waals surface area (Å²) in [6.07, 6.45) is 37.4. The third-order valence-corrected chi connectivity index (χ3v) is 17.1. The average Bonchev–Trinajstić information content (AvgIpc) is 3.69. The van der Waals surface area contributed by atoms with Gasteiger partial charge in [-0.1, -0.05) is 246 Å². The third-order valence-electron chi connectivity index (χ3n) is 14.5. The minimum Gasteiger partial charge on any atom is -0.462 e. The number of aliphatic hydroxyl groups is 2. The lowest BCUT2D eigenvalue weighted by Crippen LogP contribution is -2.36. The number of hydrogen-bond acceptors (Lipinski definition) is 15. The number of phosphoric ester groups is 2. The third kappa shape index (κ3) is 37.7. The summed E-state index contributed by atoms with van der Waals surface area (Å²) in [5.74, 6) is 0.364. The van der Waals surface area contributed by atoms with E-state index in [1.807, 2.05) is 0 Å². The molecule has 18 nitrogen and oxygen atoms in total. The van der Waals surface area contributed by atoms with Gasteiger partial charge in [-0.15, -0.1) is 0 Å². The quantitative estimate of drug-likeness (QED) is 0.0230. The highest BCUT2D eigenvalue weighted by Crippen LogP contribution is 2.60. The maximum Gasteiger partial charge on any atom is 0.481 e. The number of ether oxygens (including phenoxy) is 3. The zero-order valence-electron chi connectivity index (χ0n) is 48.8. The second-order valence-electron chi connectivity index (χ2n) is 22.9. The van der Waals surface area contributed by atoms with Gasteiger partial charge in [-0.05, 0) is 30.7 Å². The number of nitrogens with two attached hydrogens (primary N) is 1. The van der Waals surface area contributed by atoms with Crippen LogP contribution in [0.2, 0.25) is 0 Å². The van der Waals surface area contributed by atoms with Crippen LogP contribution in [-0.4, -0.2) is 85.7 Å². The Morgan fingerprint density at radius 1 is 0.577 bits per heavy atom. The molecule has 2 rings (SSSR count). The van der Waals surface area contributed by atoms with Crippen LogP contribution in [0.15, 0.2) is 17.1 Å². The van der Waals surface area contributed by atoms with Gasteiger partial charge >= 0.3 is 33.3 Å². The second kappa shape index (κ2) is 44.4. The highest BCUT2D eigenvalue weighted by Gasteiger charge is 2.46. The standard InChI is InChI=1S/C58H109N3O15P2/c1-48(2)39-35-31-27-23-19-15-11-7-5-6-8-14-18-22-26-30-34-38-42-54(63)74-50(45-71-53(62)41-37-33-29-25-21-17-13-10-9-12-16-20-24-28-32-36-40-49(3)4)46-72-77(67,68)76-78(69,70)73-47-51-55(64)56(65)57(75-51)61-44-43-52(59)60-58(61)66/h43-44,48-51,55-57,64-65H,5-42,45-47H2,1-4H3,(H,67,68)(H,69,70)(H2,59,60,66)/t50-,51-,55+,56?,57-/m1/s1. The SMILES string of the molecule is CC(C)CCCCCCCCCCCCCCCCCCCCC(=O)O[C@H](COC(=O)CCCCCCCCCCCCCCCCCCC(C)C)COP(=O)(O)OP(=O)(O)OC[C@H]1O[C@@H](n2ccc(N)nc2=O)C(O)[C@H]1O. The highest BCUT2D eigenvalue weighted by molar-refractivity contribution is 7.61. The topological polar surface area (TPSA) is 265 Å². The van der Waals surface area contributed by atoms with Crippen LogP contribution < -0.4 is 11.4 Å². The van der Waals surface area contributed by atoms with Crippen LogP contribution in [0, 0.1) is 11.8 Å². The normalized spacial score (nSPS) is 18.6. The lowest BCUT2D eigenvalue weighted by atomic mass is 10.0. The van der Waals surface area contributed by atoms with E-state index in [4.69, 9.17) is 29.0 Å². The Kier molecular flexibility index (Phi) is 40.9. The predicted molar refractivity (Wildman–Crippen MR) is 307 cm³/mol. The Morgan fingerprint density at radius 3 is 1.35 bits per heavy atom. The number of esters is 2. The number of anilines is 1. The van der Waals surface area contributed by atoms with Gasteiger partial charge in [0.15, 0.2) is 12.3 Å². The van der Waals surface area contributed by atoms with Crippen LogP contribution in [0.5, 0.6) is 0 Å². The smallest absolute Gasteiger partial charge is 0.462 e. The van der Waals surface area contributed by atoms with Gasteiger partial charge in [-0.3, -0.25) is 23.2 Å². The van der Waals surface area contributed by atoms with Crippen LogP contribution in [0.1, 0.15) is 278 Å². The molecule has 1 aliphatic heterocycles. The molecule has 0 saturated carbocycles. The number of aromatic nitrogens is 2. The minimum atomic E-state index is -5.43. The van der Waals surface area contributed by atoms with Crippen LogP contribution >= 0.6 is 15.6 Å². The zero-order chi connectivity index (χ0) is 57.3. The summed E-state index contributed by atoms with van der Waals surface area (Å²) in [7, 11) is -10.8. The molecule has 7 atom stereocenters. The van der Waals surface area contributed by atoms with Crippen molar-refractivity contribution in [3.05, 3.63) is 22.7 Å². The summed E-state index contributed by atoms with van der Waals surface area (Å²) in [6, 6.07) is 1.25. The molecule has 2 heterocycles. The number of carbonyl (C=O) groups excluding carboxylic acids is 2. The minimum absolute atomic E-state index is 0.0582. The predicted octanol–water partition coefficient (Wildman–Crippen LogP) is 14.3. The van der Waals surface area contributed by atoms with E-state index >= 15 is 0 Å². The maximum atomic E-state index is 13.0. The van der Waals surface area contributed by atoms with Gasteiger partial charge < -0.3 is 39.9 Å². The molecular formula is C58H109N3O15P2. The van der Waals surface area contributed by atoms with Crippen molar-refractivity contribution in [1.82, 2.24) is 9.55 Å². The molecule has 0 bridgehead atoms. The Balaban J connectivity index is 1.71. The van der Waals surface area contributed by atoms with Crippen molar-refractivity contribution in [2.45, 2.75) is 302 Å². The maximum absolute atomic E-state index is 13.0. The number of nitrogen functional groups attached to an aromatic ring is 1. The molecule has 1 saturated heterocycles. The molecular weight excluding hydrogens is 1040 g/mol. The molecule has 0 amide bonds. The molecule has 0 spiro atoms. The first-order chi connectivity index (χ1) is 37.4. The summed E-state index contributed by atoms with van der Waals surface area (Å²) >= 11 is 0. The summed E-state index contributed by atoms with van der Waals surface area (Å²) in [4.78, 5) is 62.3. The van der Waals surface area contributed by atoms with Crippen molar-refractivity contribution in [2.24, 2.45) is 11.8 Å². The molecule has 1 aromatic heterocycles. The van der Waals surface area contributed by atoms with Crippen molar-refractivity contribution in [3.63, 3.8) is 0 Å². The van der Waals surface area contributed by atoms with E-state index in [1.54, 1.807) is 0 Å². The Hall–Kier alpha value is -2.24. The largest absolute Gasteiger partial charge is 0.481 e. The van der Waals surface area contributed by atoms with E-state index in [-0.39, 0.29) is 18.7 Å². The molecule has 3 unspecified atom stereocenters. The number of phosphoric acid groups is 2. The molecule has 456 valence electrons. The Morgan fingerprint density at radius 2 is 0.949 bits per heavy atom. The van der Waals surface area contributed by atoms with Crippen LogP contribution in [0.25, 0.3) is 0 Å². The summed E-state index contributed by atoms with van der Waals surface area (Å²) in [6.45, 7) is 6.92. The number of unbranched alkanes of at least 4 members (excludes halogenated alkanes) is 32. The van der Waals surface area contributed by atoms with Gasteiger partial charge in [0.25, 0.3) is 0 Å². The van der Waals surface area contributed by atoms with E-state index < -0.39 is 83.7 Å². The number of rotatable bonds is 52. The van der Waals surface area contributed by atoms with Gasteiger partial charge in [-0.2, -0.15) is 9.29 Å². The van der Waals surface area contributed by atoms with Gasteiger partial charge in [0, 0.05) is 19.0 Å². The van der Waals surface area contributed by atoms with Gasteiger partial charge in [0.1, 0.15) is 30.7 Å². The van der Waals surface area contributed by atoms with Crippen LogP contribution in [0.3, 0.4) is 0 Å². The average molecular weight is 1150 g/mol. The second-order valence-corrected chi connectivity index (χ2v) is 25.9. The first kappa shape index (κ1) is 71.9. The van der Waals surface area contributed by atoms with E-state index in [2.05, 4.69) is 37.0 Å². The molecule has 0 aromatic carbocycles.